The number of carboxylic acids is 1. The molecule has 0 aliphatic heterocycles. The minimum atomic E-state index is -0.854. The monoisotopic (exact) mass is 264 g/mol. The molecule has 0 aliphatic carbocycles. The SMILES string of the molecule is CCC(C)c1ccc(CNCC(N)CC(=O)O)cc1. The highest BCUT2D eigenvalue weighted by Gasteiger charge is 2.07. The Morgan fingerprint density at radius 1 is 1.37 bits per heavy atom. The van der Waals surface area contributed by atoms with Crippen LogP contribution >= 0.6 is 0 Å². The molecular weight excluding hydrogens is 240 g/mol. The predicted octanol–water partition coefficient (Wildman–Crippen LogP) is 2.09. The third-order valence-corrected chi connectivity index (χ3v) is 3.33. The number of carboxylic acid groups (broad SMARTS) is 1. The van der Waals surface area contributed by atoms with Crippen molar-refractivity contribution in [2.24, 2.45) is 5.73 Å². The second kappa shape index (κ2) is 7.92. The molecule has 0 aromatic heterocycles. The van der Waals surface area contributed by atoms with Crippen molar-refractivity contribution < 1.29 is 9.90 Å². The van der Waals surface area contributed by atoms with Gasteiger partial charge < -0.3 is 16.2 Å². The summed E-state index contributed by atoms with van der Waals surface area (Å²) in [5, 5.41) is 11.8. The normalized spacial score (nSPS) is 14.1. The molecule has 4 N–H and O–H groups in total. The molecule has 4 nitrogen and oxygen atoms in total. The van der Waals surface area contributed by atoms with Gasteiger partial charge in [0.2, 0.25) is 0 Å². The molecule has 2 unspecified atom stereocenters. The van der Waals surface area contributed by atoms with Crippen molar-refractivity contribution in [2.75, 3.05) is 6.54 Å². The number of rotatable bonds is 8. The van der Waals surface area contributed by atoms with E-state index in [1.165, 1.54) is 11.1 Å². The third kappa shape index (κ3) is 5.85. The number of aliphatic carboxylic acids is 1. The van der Waals surface area contributed by atoms with Gasteiger partial charge >= 0.3 is 5.97 Å². The third-order valence-electron chi connectivity index (χ3n) is 3.33. The summed E-state index contributed by atoms with van der Waals surface area (Å²) >= 11 is 0. The topological polar surface area (TPSA) is 75.3 Å². The molecule has 0 saturated heterocycles. The lowest BCUT2D eigenvalue weighted by Crippen LogP contribution is -2.35. The van der Waals surface area contributed by atoms with Gasteiger partial charge in [-0.25, -0.2) is 0 Å². The van der Waals surface area contributed by atoms with Gasteiger partial charge in [0.05, 0.1) is 6.42 Å². The Balaban J connectivity index is 2.36. The standard InChI is InChI=1S/C15H24N2O2/c1-3-11(2)13-6-4-12(5-7-13)9-17-10-14(16)8-15(18)19/h4-7,11,14,17H,3,8-10,16H2,1-2H3,(H,18,19). The van der Waals surface area contributed by atoms with E-state index in [0.717, 1.165) is 6.42 Å². The molecule has 4 heteroatoms. The van der Waals surface area contributed by atoms with Gasteiger partial charge in [-0.05, 0) is 23.5 Å². The van der Waals surface area contributed by atoms with Crippen LogP contribution in [0.3, 0.4) is 0 Å². The highest BCUT2D eigenvalue weighted by molar-refractivity contribution is 5.67. The van der Waals surface area contributed by atoms with E-state index in [0.29, 0.717) is 19.0 Å². The van der Waals surface area contributed by atoms with Crippen LogP contribution in [0.4, 0.5) is 0 Å². The summed E-state index contributed by atoms with van der Waals surface area (Å²) in [6.07, 6.45) is 1.14. The Morgan fingerprint density at radius 3 is 2.53 bits per heavy atom. The van der Waals surface area contributed by atoms with Gasteiger partial charge in [0.1, 0.15) is 0 Å². The summed E-state index contributed by atoms with van der Waals surface area (Å²) < 4.78 is 0. The molecule has 2 atom stereocenters. The van der Waals surface area contributed by atoms with Gasteiger partial charge in [0, 0.05) is 19.1 Å². The van der Waals surface area contributed by atoms with Gasteiger partial charge in [-0.1, -0.05) is 38.1 Å². The van der Waals surface area contributed by atoms with Crippen LogP contribution in [0.2, 0.25) is 0 Å². The van der Waals surface area contributed by atoms with Gasteiger partial charge in [0.15, 0.2) is 0 Å². The molecule has 0 fully saturated rings. The minimum absolute atomic E-state index is 0.0000471. The minimum Gasteiger partial charge on any atom is -0.481 e. The summed E-state index contributed by atoms with van der Waals surface area (Å²) in [6, 6.07) is 8.19. The fourth-order valence-electron chi connectivity index (χ4n) is 1.90. The van der Waals surface area contributed by atoms with E-state index < -0.39 is 5.97 Å². The zero-order chi connectivity index (χ0) is 14.3. The summed E-state index contributed by atoms with van der Waals surface area (Å²) in [6.45, 7) is 5.63. The van der Waals surface area contributed by atoms with E-state index in [1.54, 1.807) is 0 Å². The number of hydrogen-bond donors (Lipinski definition) is 3. The number of benzene rings is 1. The molecule has 106 valence electrons. The molecule has 0 radical (unpaired) electrons. The first-order valence-corrected chi connectivity index (χ1v) is 6.79. The Bertz CT molecular complexity index is 390. The first-order chi connectivity index (χ1) is 9.02. The lowest BCUT2D eigenvalue weighted by Gasteiger charge is -2.12. The molecule has 0 aliphatic rings. The average Bonchev–Trinajstić information content (AvgIpc) is 2.37. The first-order valence-electron chi connectivity index (χ1n) is 6.79. The number of carbonyl (C=O) groups is 1. The van der Waals surface area contributed by atoms with Crippen LogP contribution in [-0.2, 0) is 11.3 Å². The highest BCUT2D eigenvalue weighted by Crippen LogP contribution is 2.18. The van der Waals surface area contributed by atoms with Crippen molar-refractivity contribution in [3.05, 3.63) is 35.4 Å². The van der Waals surface area contributed by atoms with Crippen molar-refractivity contribution in [1.29, 1.82) is 0 Å². The second-order valence-corrected chi connectivity index (χ2v) is 5.04. The van der Waals surface area contributed by atoms with Crippen LogP contribution in [0.1, 0.15) is 43.7 Å². The van der Waals surface area contributed by atoms with Gasteiger partial charge in [0.25, 0.3) is 0 Å². The van der Waals surface area contributed by atoms with E-state index in [2.05, 4.69) is 43.4 Å². The van der Waals surface area contributed by atoms with Crippen LogP contribution in [0.15, 0.2) is 24.3 Å². The molecule has 1 aromatic rings. The van der Waals surface area contributed by atoms with Crippen molar-refractivity contribution in [2.45, 2.75) is 45.2 Å². The Morgan fingerprint density at radius 2 is 2.00 bits per heavy atom. The fourth-order valence-corrected chi connectivity index (χ4v) is 1.90. The maximum atomic E-state index is 10.5. The average molecular weight is 264 g/mol. The zero-order valence-electron chi connectivity index (χ0n) is 11.7. The Hall–Kier alpha value is -1.39. The van der Waals surface area contributed by atoms with Crippen molar-refractivity contribution in [1.82, 2.24) is 5.32 Å². The maximum Gasteiger partial charge on any atom is 0.304 e. The highest BCUT2D eigenvalue weighted by atomic mass is 16.4. The van der Waals surface area contributed by atoms with Crippen LogP contribution in [-0.4, -0.2) is 23.7 Å². The van der Waals surface area contributed by atoms with Gasteiger partial charge in [-0.2, -0.15) is 0 Å². The number of nitrogens with two attached hydrogens (primary N) is 1. The van der Waals surface area contributed by atoms with Crippen LogP contribution in [0.25, 0.3) is 0 Å². The van der Waals surface area contributed by atoms with Gasteiger partial charge in [-0.3, -0.25) is 4.79 Å². The quantitative estimate of drug-likeness (QED) is 0.672. The molecule has 0 spiro atoms. The molecule has 0 heterocycles. The Kier molecular flexibility index (Phi) is 6.53. The van der Waals surface area contributed by atoms with Crippen molar-refractivity contribution in [3.8, 4) is 0 Å². The largest absolute Gasteiger partial charge is 0.481 e. The van der Waals surface area contributed by atoms with E-state index in [1.807, 2.05) is 0 Å². The molecule has 0 saturated carbocycles. The van der Waals surface area contributed by atoms with Crippen molar-refractivity contribution in [3.63, 3.8) is 0 Å². The summed E-state index contributed by atoms with van der Waals surface area (Å²) in [5.41, 5.74) is 8.22. The zero-order valence-corrected chi connectivity index (χ0v) is 11.7. The fraction of sp³-hybridized carbons (Fsp3) is 0.533. The van der Waals surface area contributed by atoms with E-state index in [4.69, 9.17) is 10.8 Å². The predicted molar refractivity (Wildman–Crippen MR) is 77.1 cm³/mol. The molecule has 19 heavy (non-hydrogen) atoms. The Labute approximate surface area is 115 Å². The molecule has 0 amide bonds. The lowest BCUT2D eigenvalue weighted by atomic mass is 9.98. The molecule has 1 aromatic carbocycles. The lowest BCUT2D eigenvalue weighted by molar-refractivity contribution is -0.137. The van der Waals surface area contributed by atoms with Crippen LogP contribution in [0.5, 0.6) is 0 Å². The second-order valence-electron chi connectivity index (χ2n) is 5.04. The first kappa shape index (κ1) is 15.7. The summed E-state index contributed by atoms with van der Waals surface area (Å²) in [5.74, 6) is -0.266. The van der Waals surface area contributed by atoms with Crippen molar-refractivity contribution >= 4 is 5.97 Å². The van der Waals surface area contributed by atoms with E-state index in [9.17, 15) is 4.79 Å². The summed E-state index contributed by atoms with van der Waals surface area (Å²) in [4.78, 5) is 10.5. The van der Waals surface area contributed by atoms with Gasteiger partial charge in [-0.15, -0.1) is 0 Å². The smallest absolute Gasteiger partial charge is 0.304 e. The van der Waals surface area contributed by atoms with E-state index in [-0.39, 0.29) is 12.5 Å². The van der Waals surface area contributed by atoms with Crippen LogP contribution < -0.4 is 11.1 Å². The van der Waals surface area contributed by atoms with E-state index >= 15 is 0 Å². The molecule has 0 bridgehead atoms. The maximum absolute atomic E-state index is 10.5. The number of nitrogens with one attached hydrogen (secondary N) is 1. The van der Waals surface area contributed by atoms with Crippen LogP contribution in [0, 0.1) is 0 Å². The molecule has 1 rings (SSSR count). The number of hydrogen-bond acceptors (Lipinski definition) is 3. The molecular formula is C15H24N2O2. The summed E-state index contributed by atoms with van der Waals surface area (Å²) in [7, 11) is 0.